The van der Waals surface area contributed by atoms with Crippen molar-refractivity contribution in [2.45, 2.75) is 18.7 Å². The SMILES string of the molecule is COc1cc(C#N)ccc1Oc1nnc(-c2ccc(C)cc2)c(C)c1C(=O)Nc1cccc(S)c1. The third-order valence-corrected chi connectivity index (χ3v) is 5.62. The van der Waals surface area contributed by atoms with Gasteiger partial charge in [0, 0.05) is 22.2 Å². The van der Waals surface area contributed by atoms with Crippen LogP contribution in [-0.2, 0) is 0 Å². The predicted molar refractivity (Wildman–Crippen MR) is 136 cm³/mol. The topological polar surface area (TPSA) is 97.1 Å². The second-order valence-electron chi connectivity index (χ2n) is 7.80. The molecule has 8 heteroatoms. The van der Waals surface area contributed by atoms with E-state index in [0.29, 0.717) is 38.9 Å². The van der Waals surface area contributed by atoms with Gasteiger partial charge in [0.05, 0.1) is 24.4 Å². The molecule has 0 fully saturated rings. The summed E-state index contributed by atoms with van der Waals surface area (Å²) in [6, 6.07) is 21.7. The number of hydrogen-bond acceptors (Lipinski definition) is 7. The molecule has 0 unspecified atom stereocenters. The third-order valence-electron chi connectivity index (χ3n) is 5.34. The molecular weight excluding hydrogens is 460 g/mol. The Hall–Kier alpha value is -4.35. The summed E-state index contributed by atoms with van der Waals surface area (Å²) < 4.78 is 11.4. The molecule has 35 heavy (non-hydrogen) atoms. The van der Waals surface area contributed by atoms with Crippen LogP contribution in [0.4, 0.5) is 5.69 Å². The molecule has 0 atom stereocenters. The first-order valence-corrected chi connectivity index (χ1v) is 11.1. The molecule has 4 rings (SSSR count). The normalized spacial score (nSPS) is 10.4. The van der Waals surface area contributed by atoms with Crippen LogP contribution in [0.15, 0.2) is 71.6 Å². The van der Waals surface area contributed by atoms with E-state index in [1.165, 1.54) is 7.11 Å². The minimum absolute atomic E-state index is 0.0147. The fourth-order valence-corrected chi connectivity index (χ4v) is 3.75. The van der Waals surface area contributed by atoms with Crippen molar-refractivity contribution in [3.8, 4) is 34.7 Å². The van der Waals surface area contributed by atoms with E-state index in [9.17, 15) is 10.1 Å². The second-order valence-corrected chi connectivity index (χ2v) is 8.32. The van der Waals surface area contributed by atoms with Gasteiger partial charge in [-0.1, -0.05) is 35.9 Å². The van der Waals surface area contributed by atoms with Crippen LogP contribution < -0.4 is 14.8 Å². The van der Waals surface area contributed by atoms with Crippen LogP contribution >= 0.6 is 12.6 Å². The predicted octanol–water partition coefficient (Wildman–Crippen LogP) is 5.97. The number of aromatic nitrogens is 2. The molecular formula is C27H22N4O3S. The summed E-state index contributed by atoms with van der Waals surface area (Å²) in [6.45, 7) is 3.80. The number of nitrogens with one attached hydrogen (secondary N) is 1. The van der Waals surface area contributed by atoms with Crippen LogP contribution in [0, 0.1) is 25.2 Å². The van der Waals surface area contributed by atoms with Crippen molar-refractivity contribution in [2.24, 2.45) is 0 Å². The number of amides is 1. The molecule has 3 aromatic carbocycles. The molecule has 0 radical (unpaired) electrons. The van der Waals surface area contributed by atoms with Gasteiger partial charge >= 0.3 is 0 Å². The number of anilines is 1. The lowest BCUT2D eigenvalue weighted by Gasteiger charge is -2.16. The zero-order valence-corrected chi connectivity index (χ0v) is 20.3. The van der Waals surface area contributed by atoms with E-state index in [1.807, 2.05) is 37.3 Å². The summed E-state index contributed by atoms with van der Waals surface area (Å²) in [4.78, 5) is 14.2. The average Bonchev–Trinajstić information content (AvgIpc) is 2.85. The number of rotatable bonds is 6. The molecule has 174 valence electrons. The number of benzene rings is 3. The van der Waals surface area contributed by atoms with Crippen LogP contribution in [0.3, 0.4) is 0 Å². The number of nitriles is 1. The Labute approximate surface area is 208 Å². The third kappa shape index (κ3) is 5.26. The van der Waals surface area contributed by atoms with Gasteiger partial charge < -0.3 is 14.8 Å². The quantitative estimate of drug-likeness (QED) is 0.329. The van der Waals surface area contributed by atoms with E-state index >= 15 is 0 Å². The molecule has 1 aromatic heterocycles. The number of nitrogens with zero attached hydrogens (tertiary/aromatic N) is 3. The minimum Gasteiger partial charge on any atom is -0.493 e. The largest absolute Gasteiger partial charge is 0.493 e. The van der Waals surface area contributed by atoms with Gasteiger partial charge in [0.2, 0.25) is 0 Å². The van der Waals surface area contributed by atoms with E-state index in [2.05, 4.69) is 34.2 Å². The number of ether oxygens (including phenoxy) is 2. The average molecular weight is 483 g/mol. The van der Waals surface area contributed by atoms with Crippen LogP contribution in [0.25, 0.3) is 11.3 Å². The maximum absolute atomic E-state index is 13.5. The summed E-state index contributed by atoms with van der Waals surface area (Å²) in [5, 5.41) is 20.7. The summed E-state index contributed by atoms with van der Waals surface area (Å²) in [5.41, 5.74) is 4.33. The van der Waals surface area contributed by atoms with E-state index in [1.54, 1.807) is 43.3 Å². The van der Waals surface area contributed by atoms with E-state index in [4.69, 9.17) is 9.47 Å². The highest BCUT2D eigenvalue weighted by atomic mass is 32.1. The molecule has 0 saturated carbocycles. The fraction of sp³-hybridized carbons (Fsp3) is 0.111. The Morgan fingerprint density at radius 2 is 1.77 bits per heavy atom. The molecule has 0 aliphatic carbocycles. The van der Waals surface area contributed by atoms with Crippen LogP contribution in [0.5, 0.6) is 17.4 Å². The van der Waals surface area contributed by atoms with Crippen LogP contribution in [0.1, 0.15) is 27.0 Å². The van der Waals surface area contributed by atoms with Gasteiger partial charge in [-0.3, -0.25) is 4.79 Å². The van der Waals surface area contributed by atoms with Crippen LogP contribution in [0.2, 0.25) is 0 Å². The molecule has 0 aliphatic rings. The Kier molecular flexibility index (Phi) is 6.99. The van der Waals surface area contributed by atoms with Crippen molar-refractivity contribution in [1.82, 2.24) is 10.2 Å². The highest BCUT2D eigenvalue weighted by Gasteiger charge is 2.24. The Balaban J connectivity index is 1.81. The van der Waals surface area contributed by atoms with Crippen LogP contribution in [-0.4, -0.2) is 23.2 Å². The highest BCUT2D eigenvalue weighted by molar-refractivity contribution is 7.80. The number of hydrogen-bond donors (Lipinski definition) is 2. The van der Waals surface area contributed by atoms with Gasteiger partial charge in [-0.05, 0) is 49.7 Å². The molecule has 4 aromatic rings. The first-order chi connectivity index (χ1) is 16.9. The number of carbonyl (C=O) groups excluding carboxylic acids is 1. The summed E-state index contributed by atoms with van der Waals surface area (Å²) in [7, 11) is 1.47. The first-order valence-electron chi connectivity index (χ1n) is 10.7. The molecule has 0 aliphatic heterocycles. The lowest BCUT2D eigenvalue weighted by atomic mass is 10.0. The van der Waals surface area contributed by atoms with E-state index in [0.717, 1.165) is 11.1 Å². The minimum atomic E-state index is -0.410. The molecule has 0 bridgehead atoms. The van der Waals surface area contributed by atoms with Crippen molar-refractivity contribution in [1.29, 1.82) is 5.26 Å². The second kappa shape index (κ2) is 10.3. The zero-order valence-electron chi connectivity index (χ0n) is 19.4. The molecule has 7 nitrogen and oxygen atoms in total. The van der Waals surface area contributed by atoms with Gasteiger partial charge in [0.25, 0.3) is 11.8 Å². The summed E-state index contributed by atoms with van der Waals surface area (Å²) in [5.74, 6) is 0.239. The molecule has 0 spiro atoms. The van der Waals surface area contributed by atoms with Crippen molar-refractivity contribution in [3.05, 3.63) is 89.0 Å². The molecule has 1 N–H and O–H groups in total. The van der Waals surface area contributed by atoms with Gasteiger partial charge in [0.15, 0.2) is 11.5 Å². The van der Waals surface area contributed by atoms with Crippen molar-refractivity contribution >= 4 is 24.2 Å². The Bertz CT molecular complexity index is 1450. The monoisotopic (exact) mass is 482 g/mol. The van der Waals surface area contributed by atoms with Crippen molar-refractivity contribution in [2.75, 3.05) is 12.4 Å². The van der Waals surface area contributed by atoms with E-state index in [-0.39, 0.29) is 11.4 Å². The maximum Gasteiger partial charge on any atom is 0.261 e. The van der Waals surface area contributed by atoms with Crippen molar-refractivity contribution < 1.29 is 14.3 Å². The summed E-state index contributed by atoms with van der Waals surface area (Å²) in [6.07, 6.45) is 0. The maximum atomic E-state index is 13.5. The molecule has 0 saturated heterocycles. The number of carbonyl (C=O) groups is 1. The smallest absolute Gasteiger partial charge is 0.261 e. The van der Waals surface area contributed by atoms with Gasteiger partial charge in [-0.2, -0.15) is 5.26 Å². The molecule has 1 heterocycles. The number of methoxy groups -OCH3 is 1. The lowest BCUT2D eigenvalue weighted by molar-refractivity contribution is 0.102. The van der Waals surface area contributed by atoms with Gasteiger partial charge in [-0.25, -0.2) is 0 Å². The Morgan fingerprint density at radius 1 is 1.00 bits per heavy atom. The van der Waals surface area contributed by atoms with Crippen molar-refractivity contribution in [3.63, 3.8) is 0 Å². The summed E-state index contributed by atoms with van der Waals surface area (Å²) >= 11 is 4.35. The van der Waals surface area contributed by atoms with Gasteiger partial charge in [-0.15, -0.1) is 22.8 Å². The number of thiol groups is 1. The Morgan fingerprint density at radius 3 is 2.46 bits per heavy atom. The highest BCUT2D eigenvalue weighted by Crippen LogP contribution is 2.35. The fourth-order valence-electron chi connectivity index (χ4n) is 3.53. The molecule has 1 amide bonds. The van der Waals surface area contributed by atoms with Gasteiger partial charge in [0.1, 0.15) is 5.56 Å². The standard InChI is InChI=1S/C27H22N4O3S/c1-16-7-10-19(11-8-16)25-17(2)24(26(32)29-20-5-4-6-21(35)14-20)27(31-30-25)34-22-12-9-18(15-28)13-23(22)33-3/h4-14,35H,1-3H3,(H,29,32). The lowest BCUT2D eigenvalue weighted by Crippen LogP contribution is -2.17. The first kappa shape index (κ1) is 23.8. The number of aryl methyl sites for hydroxylation is 1. The zero-order chi connectivity index (χ0) is 24.9. The van der Waals surface area contributed by atoms with E-state index < -0.39 is 5.91 Å².